The number of piperidine rings is 1. The van der Waals surface area contributed by atoms with Gasteiger partial charge in [-0.25, -0.2) is 10.3 Å². The molecule has 3 rings (SSSR count). The van der Waals surface area contributed by atoms with Crippen LogP contribution in [0.5, 0.6) is 0 Å². The SMILES string of the molecule is CC1C=C(C(=O)NOC2CCCCO2)C=CC(N2CCC(CN)CC2)=C1. The molecule has 0 spiro atoms. The fourth-order valence-corrected chi connectivity index (χ4v) is 3.66. The molecule has 0 radical (unpaired) electrons. The molecule has 0 aromatic heterocycles. The van der Waals surface area contributed by atoms with Crippen LogP contribution < -0.4 is 11.2 Å². The summed E-state index contributed by atoms with van der Waals surface area (Å²) in [6.45, 7) is 5.60. The fraction of sp³-hybridized carbons (Fsp3) is 0.650. The average Bonchev–Trinajstić information content (AvgIpc) is 2.88. The zero-order valence-corrected chi connectivity index (χ0v) is 15.7. The molecule has 2 atom stereocenters. The van der Waals surface area contributed by atoms with Crippen LogP contribution in [0.1, 0.15) is 39.0 Å². The minimum absolute atomic E-state index is 0.180. The first-order chi connectivity index (χ1) is 12.7. The van der Waals surface area contributed by atoms with E-state index in [0.29, 0.717) is 18.1 Å². The standard InChI is InChI=1S/C20H31N3O3/c1-15-12-17(20(24)22-26-19-4-2-3-11-25-19)5-6-18(13-15)23-9-7-16(14-21)8-10-23/h5-6,12-13,15-16,19H,2-4,7-11,14,21H2,1H3,(H,22,24). The van der Waals surface area contributed by atoms with Gasteiger partial charge < -0.3 is 15.4 Å². The third-order valence-corrected chi connectivity index (χ3v) is 5.31. The van der Waals surface area contributed by atoms with Crippen LogP contribution in [0, 0.1) is 11.8 Å². The summed E-state index contributed by atoms with van der Waals surface area (Å²) in [5.41, 5.74) is 10.1. The monoisotopic (exact) mass is 361 g/mol. The van der Waals surface area contributed by atoms with Gasteiger partial charge in [-0.1, -0.05) is 19.1 Å². The number of carbonyl (C=O) groups is 1. The van der Waals surface area contributed by atoms with Crippen LogP contribution in [0.15, 0.2) is 35.6 Å². The number of nitrogens with two attached hydrogens (primary N) is 1. The van der Waals surface area contributed by atoms with Crippen LogP contribution in [-0.2, 0) is 14.4 Å². The predicted molar refractivity (Wildman–Crippen MR) is 101 cm³/mol. The maximum atomic E-state index is 12.4. The largest absolute Gasteiger partial charge is 0.372 e. The van der Waals surface area contributed by atoms with Gasteiger partial charge in [0.05, 0.1) is 0 Å². The Balaban J connectivity index is 1.54. The summed E-state index contributed by atoms with van der Waals surface area (Å²) in [5, 5.41) is 0. The molecule has 2 fully saturated rings. The molecule has 1 aliphatic carbocycles. The van der Waals surface area contributed by atoms with Crippen molar-refractivity contribution in [3.63, 3.8) is 0 Å². The van der Waals surface area contributed by atoms with Crippen molar-refractivity contribution < 1.29 is 14.4 Å². The lowest BCUT2D eigenvalue weighted by Gasteiger charge is -2.34. The van der Waals surface area contributed by atoms with Crippen molar-refractivity contribution in [2.45, 2.75) is 45.3 Å². The topological polar surface area (TPSA) is 76.8 Å². The molecule has 3 N–H and O–H groups in total. The van der Waals surface area contributed by atoms with E-state index in [1.165, 1.54) is 5.70 Å². The number of nitrogens with one attached hydrogen (secondary N) is 1. The fourth-order valence-electron chi connectivity index (χ4n) is 3.66. The number of nitrogens with zero attached hydrogens (tertiary/aromatic N) is 1. The lowest BCUT2D eigenvalue weighted by Crippen LogP contribution is -2.35. The Bertz CT molecular complexity index is 571. The van der Waals surface area contributed by atoms with Gasteiger partial charge in [0.2, 0.25) is 0 Å². The minimum Gasteiger partial charge on any atom is -0.372 e. The molecule has 144 valence electrons. The Morgan fingerprint density at radius 3 is 2.77 bits per heavy atom. The van der Waals surface area contributed by atoms with Crippen LogP contribution in [0.2, 0.25) is 0 Å². The molecule has 6 nitrogen and oxygen atoms in total. The van der Waals surface area contributed by atoms with E-state index in [0.717, 1.165) is 51.7 Å². The summed E-state index contributed by atoms with van der Waals surface area (Å²) in [6, 6.07) is 0. The lowest BCUT2D eigenvalue weighted by molar-refractivity contribution is -0.198. The number of hydrogen-bond acceptors (Lipinski definition) is 5. The number of likely N-dealkylation sites (tertiary alicyclic amines) is 1. The van der Waals surface area contributed by atoms with Crippen LogP contribution in [0.25, 0.3) is 0 Å². The molecule has 0 saturated carbocycles. The summed E-state index contributed by atoms with van der Waals surface area (Å²) in [6.07, 6.45) is 13.0. The highest BCUT2D eigenvalue weighted by atomic mass is 16.8. The molecule has 0 aromatic carbocycles. The third kappa shape index (κ3) is 5.19. The van der Waals surface area contributed by atoms with E-state index in [2.05, 4.69) is 23.4 Å². The summed E-state index contributed by atoms with van der Waals surface area (Å²) >= 11 is 0. The zero-order chi connectivity index (χ0) is 18.4. The van der Waals surface area contributed by atoms with E-state index in [-0.39, 0.29) is 18.1 Å². The maximum Gasteiger partial charge on any atom is 0.274 e. The average molecular weight is 361 g/mol. The number of amides is 1. The van der Waals surface area contributed by atoms with Crippen LogP contribution in [-0.4, -0.2) is 43.3 Å². The smallest absolute Gasteiger partial charge is 0.274 e. The highest BCUT2D eigenvalue weighted by Crippen LogP contribution is 2.24. The number of hydrogen-bond donors (Lipinski definition) is 2. The molecule has 2 heterocycles. The van der Waals surface area contributed by atoms with Crippen LogP contribution in [0.3, 0.4) is 0 Å². The van der Waals surface area contributed by atoms with Gasteiger partial charge in [0.1, 0.15) is 0 Å². The normalized spacial score (nSPS) is 27.5. The maximum absolute atomic E-state index is 12.4. The lowest BCUT2D eigenvalue weighted by atomic mass is 9.96. The van der Waals surface area contributed by atoms with Crippen molar-refractivity contribution in [2.24, 2.45) is 17.6 Å². The van der Waals surface area contributed by atoms with Crippen molar-refractivity contribution in [1.82, 2.24) is 10.4 Å². The van der Waals surface area contributed by atoms with Crippen LogP contribution >= 0.6 is 0 Å². The number of carbonyl (C=O) groups excluding carboxylic acids is 1. The van der Waals surface area contributed by atoms with Crippen molar-refractivity contribution >= 4 is 5.91 Å². The third-order valence-electron chi connectivity index (χ3n) is 5.31. The highest BCUT2D eigenvalue weighted by Gasteiger charge is 2.21. The summed E-state index contributed by atoms with van der Waals surface area (Å²) in [4.78, 5) is 20.2. The first-order valence-electron chi connectivity index (χ1n) is 9.80. The van der Waals surface area contributed by atoms with Crippen molar-refractivity contribution in [3.8, 4) is 0 Å². The molecule has 2 saturated heterocycles. The van der Waals surface area contributed by atoms with Gasteiger partial charge in [-0.05, 0) is 56.2 Å². The second kappa shape index (κ2) is 9.35. The van der Waals surface area contributed by atoms with E-state index in [9.17, 15) is 4.79 Å². The van der Waals surface area contributed by atoms with E-state index < -0.39 is 0 Å². The number of hydroxylamine groups is 1. The Hall–Kier alpha value is -1.63. The van der Waals surface area contributed by atoms with Crippen molar-refractivity contribution in [3.05, 3.63) is 35.6 Å². The van der Waals surface area contributed by atoms with E-state index in [4.69, 9.17) is 15.3 Å². The molecule has 1 amide bonds. The van der Waals surface area contributed by atoms with Crippen molar-refractivity contribution in [1.29, 1.82) is 0 Å². The number of ether oxygens (including phenoxy) is 1. The molecule has 6 heteroatoms. The van der Waals surface area contributed by atoms with Crippen molar-refractivity contribution in [2.75, 3.05) is 26.2 Å². The molecule has 26 heavy (non-hydrogen) atoms. The first kappa shape index (κ1) is 19.1. The van der Waals surface area contributed by atoms with Gasteiger partial charge >= 0.3 is 0 Å². The molecular formula is C20H31N3O3. The van der Waals surface area contributed by atoms with Gasteiger partial charge in [0.15, 0.2) is 6.29 Å². The molecule has 0 bridgehead atoms. The minimum atomic E-state index is -0.335. The molecule has 3 aliphatic rings. The zero-order valence-electron chi connectivity index (χ0n) is 15.7. The van der Waals surface area contributed by atoms with Gasteiger partial charge in [0, 0.05) is 37.4 Å². The Kier molecular flexibility index (Phi) is 6.88. The number of rotatable bonds is 5. The number of allylic oxidation sites excluding steroid dienone is 3. The van der Waals surface area contributed by atoms with Gasteiger partial charge in [-0.3, -0.25) is 4.79 Å². The Labute approximate surface area is 156 Å². The van der Waals surface area contributed by atoms with Gasteiger partial charge in [-0.15, -0.1) is 0 Å². The quantitative estimate of drug-likeness (QED) is 0.735. The van der Waals surface area contributed by atoms with Crippen LogP contribution in [0.4, 0.5) is 0 Å². The van der Waals surface area contributed by atoms with Gasteiger partial charge in [0.25, 0.3) is 5.91 Å². The second-order valence-corrected chi connectivity index (χ2v) is 7.42. The highest BCUT2D eigenvalue weighted by molar-refractivity contribution is 5.95. The first-order valence-corrected chi connectivity index (χ1v) is 9.80. The summed E-state index contributed by atoms with van der Waals surface area (Å²) < 4.78 is 5.48. The van der Waals surface area contributed by atoms with Gasteiger partial charge in [-0.2, -0.15) is 0 Å². The van der Waals surface area contributed by atoms with E-state index >= 15 is 0 Å². The second-order valence-electron chi connectivity index (χ2n) is 7.42. The van der Waals surface area contributed by atoms with E-state index in [1.807, 2.05) is 18.2 Å². The Morgan fingerprint density at radius 1 is 1.27 bits per heavy atom. The summed E-state index contributed by atoms with van der Waals surface area (Å²) in [7, 11) is 0. The predicted octanol–water partition coefficient (Wildman–Crippen LogP) is 2.25. The molecular weight excluding hydrogens is 330 g/mol. The molecule has 2 unspecified atom stereocenters. The molecule has 0 aromatic rings. The summed E-state index contributed by atoms with van der Waals surface area (Å²) in [5.74, 6) is 0.593. The Morgan fingerprint density at radius 2 is 2.08 bits per heavy atom. The molecule has 2 aliphatic heterocycles. The van der Waals surface area contributed by atoms with E-state index in [1.54, 1.807) is 0 Å².